The zero-order chi connectivity index (χ0) is 12.1. The van der Waals surface area contributed by atoms with Crippen LogP contribution in [-0.2, 0) is 11.3 Å². The van der Waals surface area contributed by atoms with Crippen LogP contribution in [0.5, 0.6) is 0 Å². The molecule has 0 aliphatic carbocycles. The average molecular weight is 270 g/mol. The van der Waals surface area contributed by atoms with Crippen LogP contribution in [0.4, 0.5) is 5.69 Å². The summed E-state index contributed by atoms with van der Waals surface area (Å²) < 4.78 is 0. The van der Waals surface area contributed by atoms with E-state index in [0.29, 0.717) is 6.04 Å². The number of carbonyl (C=O) groups is 1. The van der Waals surface area contributed by atoms with Crippen molar-refractivity contribution in [2.75, 3.05) is 16.8 Å². The van der Waals surface area contributed by atoms with Gasteiger partial charge in [-0.05, 0) is 30.0 Å². The number of carbonyl (C=O) groups excluding carboxylic acids is 1. The van der Waals surface area contributed by atoms with Crippen molar-refractivity contribution in [3.05, 3.63) is 16.3 Å². The van der Waals surface area contributed by atoms with Crippen LogP contribution in [0.15, 0.2) is 11.4 Å². The molecule has 2 rings (SSSR count). The van der Waals surface area contributed by atoms with Crippen LogP contribution in [0.2, 0.25) is 0 Å². The second kappa shape index (κ2) is 6.42. The van der Waals surface area contributed by atoms with Gasteiger partial charge >= 0.3 is 0 Å². The molecule has 1 fully saturated rings. The molecule has 1 aromatic heterocycles. The molecular weight excluding hydrogens is 252 g/mol. The van der Waals surface area contributed by atoms with E-state index < -0.39 is 0 Å². The minimum Gasteiger partial charge on any atom is -0.325 e. The molecule has 2 heterocycles. The van der Waals surface area contributed by atoms with Gasteiger partial charge in [0.25, 0.3) is 0 Å². The summed E-state index contributed by atoms with van der Waals surface area (Å²) in [6.45, 7) is 2.41. The molecule has 1 atom stereocenters. The summed E-state index contributed by atoms with van der Waals surface area (Å²) in [6, 6.07) is 2.60. The van der Waals surface area contributed by atoms with Crippen molar-refractivity contribution in [1.29, 1.82) is 0 Å². The van der Waals surface area contributed by atoms with Gasteiger partial charge in [-0.3, -0.25) is 4.79 Å². The maximum absolute atomic E-state index is 11.0. The molecule has 1 aromatic rings. The second-order valence-corrected chi connectivity index (χ2v) is 6.38. The largest absolute Gasteiger partial charge is 0.325 e. The first-order valence-corrected chi connectivity index (χ1v) is 7.94. The van der Waals surface area contributed by atoms with Gasteiger partial charge in [0.1, 0.15) is 0 Å². The van der Waals surface area contributed by atoms with Gasteiger partial charge in [-0.2, -0.15) is 11.8 Å². The van der Waals surface area contributed by atoms with Crippen LogP contribution in [-0.4, -0.2) is 23.5 Å². The third kappa shape index (κ3) is 4.01. The minimum absolute atomic E-state index is 0.00197. The summed E-state index contributed by atoms with van der Waals surface area (Å²) in [4.78, 5) is 12.3. The first-order chi connectivity index (χ1) is 8.25. The van der Waals surface area contributed by atoms with E-state index in [1.54, 1.807) is 18.3 Å². The summed E-state index contributed by atoms with van der Waals surface area (Å²) >= 11 is 3.72. The number of hydrogen-bond donors (Lipinski definition) is 2. The summed E-state index contributed by atoms with van der Waals surface area (Å²) in [6.07, 6.45) is 2.58. The average Bonchev–Trinajstić information content (AvgIpc) is 2.74. The Morgan fingerprint density at radius 2 is 2.47 bits per heavy atom. The fraction of sp³-hybridized carbons (Fsp3) is 0.583. The van der Waals surface area contributed by atoms with E-state index in [-0.39, 0.29) is 5.91 Å². The molecule has 5 heteroatoms. The molecule has 0 spiro atoms. The molecule has 3 nitrogen and oxygen atoms in total. The van der Waals surface area contributed by atoms with Gasteiger partial charge in [-0.25, -0.2) is 0 Å². The van der Waals surface area contributed by atoms with Crippen molar-refractivity contribution in [2.45, 2.75) is 32.4 Å². The minimum atomic E-state index is -0.00197. The third-order valence-corrected chi connectivity index (χ3v) is 4.90. The Morgan fingerprint density at radius 1 is 1.59 bits per heavy atom. The lowest BCUT2D eigenvalue weighted by molar-refractivity contribution is -0.114. The molecule has 1 saturated heterocycles. The second-order valence-electron chi connectivity index (χ2n) is 4.23. The van der Waals surface area contributed by atoms with E-state index in [4.69, 9.17) is 0 Å². The lowest BCUT2D eigenvalue weighted by atomic mass is 10.2. The maximum atomic E-state index is 11.0. The third-order valence-electron chi connectivity index (χ3n) is 2.77. The van der Waals surface area contributed by atoms with E-state index in [0.717, 1.165) is 12.2 Å². The van der Waals surface area contributed by atoms with Gasteiger partial charge in [-0.1, -0.05) is 0 Å². The Hall–Kier alpha value is -0.520. The van der Waals surface area contributed by atoms with Gasteiger partial charge < -0.3 is 10.6 Å². The Bertz CT molecular complexity index is 372. The highest BCUT2D eigenvalue weighted by molar-refractivity contribution is 7.99. The van der Waals surface area contributed by atoms with Crippen LogP contribution in [0.25, 0.3) is 0 Å². The van der Waals surface area contributed by atoms with Crippen molar-refractivity contribution in [3.8, 4) is 0 Å². The topological polar surface area (TPSA) is 41.1 Å². The Kier molecular flexibility index (Phi) is 4.88. The fourth-order valence-corrected chi connectivity index (χ4v) is 3.80. The Balaban J connectivity index is 1.85. The molecule has 0 radical (unpaired) electrons. The van der Waals surface area contributed by atoms with Gasteiger partial charge in [-0.15, -0.1) is 11.3 Å². The molecule has 1 aliphatic rings. The summed E-state index contributed by atoms with van der Waals surface area (Å²) in [5.41, 5.74) is 0.957. The van der Waals surface area contributed by atoms with Crippen LogP contribution in [0.1, 0.15) is 24.6 Å². The number of thiophene rings is 1. The highest BCUT2D eigenvalue weighted by Gasteiger charge is 2.14. The van der Waals surface area contributed by atoms with Gasteiger partial charge in [0.15, 0.2) is 0 Å². The molecule has 94 valence electrons. The lowest BCUT2D eigenvalue weighted by Gasteiger charge is -2.22. The number of amides is 1. The molecule has 1 unspecified atom stereocenters. The van der Waals surface area contributed by atoms with Crippen LogP contribution in [0.3, 0.4) is 0 Å². The predicted octanol–water partition coefficient (Wildman–Crippen LogP) is 2.69. The van der Waals surface area contributed by atoms with Crippen molar-refractivity contribution in [3.63, 3.8) is 0 Å². The molecule has 0 aromatic carbocycles. The van der Waals surface area contributed by atoms with Gasteiger partial charge in [0.2, 0.25) is 5.91 Å². The standard InChI is InChI=1S/C12H18N2OS2/c1-9(15)14-11-4-6-17-12(11)7-13-10-3-2-5-16-8-10/h4,6,10,13H,2-3,5,7-8H2,1H3,(H,14,15). The number of rotatable bonds is 4. The van der Waals surface area contributed by atoms with Crippen molar-refractivity contribution >= 4 is 34.7 Å². The highest BCUT2D eigenvalue weighted by atomic mass is 32.2. The van der Waals surface area contributed by atoms with Crippen LogP contribution in [0, 0.1) is 0 Å². The number of thioether (sulfide) groups is 1. The molecule has 0 saturated carbocycles. The van der Waals surface area contributed by atoms with Gasteiger partial charge in [0.05, 0.1) is 5.69 Å². The van der Waals surface area contributed by atoms with E-state index in [2.05, 4.69) is 10.6 Å². The van der Waals surface area contributed by atoms with E-state index >= 15 is 0 Å². The summed E-state index contributed by atoms with van der Waals surface area (Å²) in [7, 11) is 0. The summed E-state index contributed by atoms with van der Waals surface area (Å²) in [5.74, 6) is 2.51. The highest BCUT2D eigenvalue weighted by Crippen LogP contribution is 2.23. The van der Waals surface area contributed by atoms with E-state index in [1.807, 2.05) is 23.2 Å². The SMILES string of the molecule is CC(=O)Nc1ccsc1CNC1CCCSC1. The number of hydrogen-bond acceptors (Lipinski definition) is 4. The molecule has 2 N–H and O–H groups in total. The molecule has 1 aliphatic heterocycles. The summed E-state index contributed by atoms with van der Waals surface area (Å²) in [5, 5.41) is 8.47. The normalized spacial score (nSPS) is 20.2. The molecule has 17 heavy (non-hydrogen) atoms. The van der Waals surface area contributed by atoms with Crippen LogP contribution >= 0.6 is 23.1 Å². The smallest absolute Gasteiger partial charge is 0.221 e. The van der Waals surface area contributed by atoms with Crippen molar-refractivity contribution in [2.24, 2.45) is 0 Å². The zero-order valence-electron chi connectivity index (χ0n) is 9.99. The first-order valence-electron chi connectivity index (χ1n) is 5.91. The van der Waals surface area contributed by atoms with Crippen LogP contribution < -0.4 is 10.6 Å². The Morgan fingerprint density at radius 3 is 3.18 bits per heavy atom. The number of anilines is 1. The monoisotopic (exact) mass is 270 g/mol. The molecule has 1 amide bonds. The zero-order valence-corrected chi connectivity index (χ0v) is 11.6. The fourth-order valence-electron chi connectivity index (χ4n) is 1.92. The quantitative estimate of drug-likeness (QED) is 0.884. The van der Waals surface area contributed by atoms with E-state index in [9.17, 15) is 4.79 Å². The first kappa shape index (κ1) is 12.9. The lowest BCUT2D eigenvalue weighted by Crippen LogP contribution is -2.33. The predicted molar refractivity (Wildman–Crippen MR) is 75.8 cm³/mol. The molecular formula is C12H18N2OS2. The number of nitrogens with one attached hydrogen (secondary N) is 2. The maximum Gasteiger partial charge on any atom is 0.221 e. The Labute approximate surface area is 110 Å². The van der Waals surface area contributed by atoms with Crippen molar-refractivity contribution in [1.82, 2.24) is 5.32 Å². The van der Waals surface area contributed by atoms with Gasteiger partial charge in [0, 0.05) is 30.1 Å². The van der Waals surface area contributed by atoms with E-state index in [1.165, 1.54) is 29.2 Å². The van der Waals surface area contributed by atoms with Crippen molar-refractivity contribution < 1.29 is 4.79 Å². The molecule has 0 bridgehead atoms.